The minimum Gasteiger partial charge on any atom is -0.320 e. The van der Waals surface area contributed by atoms with Crippen molar-refractivity contribution >= 4 is 34.8 Å². The van der Waals surface area contributed by atoms with Crippen molar-refractivity contribution in [2.24, 2.45) is 5.73 Å². The van der Waals surface area contributed by atoms with Crippen molar-refractivity contribution in [1.29, 1.82) is 0 Å². The maximum absolute atomic E-state index is 6.15. The molecular weight excluding hydrogens is 277 g/mol. The summed E-state index contributed by atoms with van der Waals surface area (Å²) in [4.78, 5) is 0. The summed E-state index contributed by atoms with van der Waals surface area (Å²) in [5.41, 5.74) is 7.85. The van der Waals surface area contributed by atoms with Crippen LogP contribution in [0.1, 0.15) is 17.2 Å². The van der Waals surface area contributed by atoms with E-state index >= 15 is 0 Å². The van der Waals surface area contributed by atoms with Gasteiger partial charge in [-0.1, -0.05) is 46.9 Å². The van der Waals surface area contributed by atoms with Gasteiger partial charge in [0.05, 0.1) is 6.04 Å². The predicted molar refractivity (Wildman–Crippen MR) is 73.9 cm³/mol. The third-order valence-electron chi connectivity index (χ3n) is 2.50. The molecular formula is C13H10Cl3N. The number of benzene rings is 2. The zero-order valence-electron chi connectivity index (χ0n) is 8.83. The highest BCUT2D eigenvalue weighted by atomic mass is 35.5. The van der Waals surface area contributed by atoms with Gasteiger partial charge in [0.25, 0.3) is 0 Å². The minimum atomic E-state index is -0.333. The van der Waals surface area contributed by atoms with Crippen LogP contribution in [-0.2, 0) is 0 Å². The molecule has 2 N–H and O–H groups in total. The third kappa shape index (κ3) is 2.93. The van der Waals surface area contributed by atoms with Gasteiger partial charge in [-0.25, -0.2) is 0 Å². The molecule has 2 rings (SSSR count). The fraction of sp³-hybridized carbons (Fsp3) is 0.0769. The fourth-order valence-corrected chi connectivity index (χ4v) is 2.25. The fourth-order valence-electron chi connectivity index (χ4n) is 1.63. The predicted octanol–water partition coefficient (Wildman–Crippen LogP) is 4.69. The Balaban J connectivity index is 2.43. The van der Waals surface area contributed by atoms with Crippen LogP contribution < -0.4 is 5.73 Å². The molecule has 0 bridgehead atoms. The van der Waals surface area contributed by atoms with Crippen molar-refractivity contribution in [3.8, 4) is 0 Å². The van der Waals surface area contributed by atoms with E-state index in [0.717, 1.165) is 11.1 Å². The Morgan fingerprint density at radius 3 is 2.29 bits per heavy atom. The SMILES string of the molecule is NC(c1cccc(Cl)c1)c1cc(Cl)ccc1Cl. The monoisotopic (exact) mass is 285 g/mol. The Hall–Kier alpha value is -0.730. The van der Waals surface area contributed by atoms with E-state index in [-0.39, 0.29) is 6.04 Å². The molecule has 0 radical (unpaired) electrons. The Kier molecular flexibility index (Phi) is 3.95. The molecule has 0 aliphatic rings. The van der Waals surface area contributed by atoms with Crippen LogP contribution in [0.2, 0.25) is 15.1 Å². The highest BCUT2D eigenvalue weighted by molar-refractivity contribution is 6.33. The van der Waals surface area contributed by atoms with Crippen molar-refractivity contribution in [2.45, 2.75) is 6.04 Å². The van der Waals surface area contributed by atoms with E-state index in [1.54, 1.807) is 24.3 Å². The normalized spacial score (nSPS) is 12.5. The lowest BCUT2D eigenvalue weighted by Crippen LogP contribution is -2.12. The molecule has 0 fully saturated rings. The lowest BCUT2D eigenvalue weighted by Gasteiger charge is -2.14. The van der Waals surface area contributed by atoms with E-state index in [9.17, 15) is 0 Å². The van der Waals surface area contributed by atoms with E-state index in [1.807, 2.05) is 18.2 Å². The number of rotatable bonds is 2. The topological polar surface area (TPSA) is 26.0 Å². The Labute approximate surface area is 115 Å². The Morgan fingerprint density at radius 2 is 1.59 bits per heavy atom. The van der Waals surface area contributed by atoms with Gasteiger partial charge in [0, 0.05) is 15.1 Å². The van der Waals surface area contributed by atoms with Crippen LogP contribution in [-0.4, -0.2) is 0 Å². The maximum Gasteiger partial charge on any atom is 0.0567 e. The second kappa shape index (κ2) is 5.28. The van der Waals surface area contributed by atoms with Gasteiger partial charge in [0.1, 0.15) is 0 Å². The molecule has 0 saturated heterocycles. The van der Waals surface area contributed by atoms with Gasteiger partial charge >= 0.3 is 0 Å². The van der Waals surface area contributed by atoms with Crippen LogP contribution in [0.25, 0.3) is 0 Å². The number of hydrogen-bond acceptors (Lipinski definition) is 1. The summed E-state index contributed by atoms with van der Waals surface area (Å²) < 4.78 is 0. The van der Waals surface area contributed by atoms with E-state index in [0.29, 0.717) is 15.1 Å². The summed E-state index contributed by atoms with van der Waals surface area (Å²) >= 11 is 18.0. The van der Waals surface area contributed by atoms with Crippen LogP contribution in [0.4, 0.5) is 0 Å². The van der Waals surface area contributed by atoms with Crippen molar-refractivity contribution in [3.05, 3.63) is 68.7 Å². The summed E-state index contributed by atoms with van der Waals surface area (Å²) in [6.07, 6.45) is 0. The van der Waals surface area contributed by atoms with Gasteiger partial charge in [-0.2, -0.15) is 0 Å². The van der Waals surface area contributed by atoms with Gasteiger partial charge in [-0.05, 0) is 41.5 Å². The van der Waals surface area contributed by atoms with E-state index in [4.69, 9.17) is 40.5 Å². The van der Waals surface area contributed by atoms with Crippen LogP contribution in [0.3, 0.4) is 0 Å². The summed E-state index contributed by atoms with van der Waals surface area (Å²) in [5.74, 6) is 0. The van der Waals surface area contributed by atoms with Crippen LogP contribution in [0.15, 0.2) is 42.5 Å². The number of nitrogens with two attached hydrogens (primary N) is 1. The van der Waals surface area contributed by atoms with Crippen LogP contribution >= 0.6 is 34.8 Å². The molecule has 0 saturated carbocycles. The van der Waals surface area contributed by atoms with E-state index in [1.165, 1.54) is 0 Å². The molecule has 0 spiro atoms. The third-order valence-corrected chi connectivity index (χ3v) is 3.32. The van der Waals surface area contributed by atoms with Gasteiger partial charge in [-0.15, -0.1) is 0 Å². The van der Waals surface area contributed by atoms with Crippen molar-refractivity contribution in [2.75, 3.05) is 0 Å². The van der Waals surface area contributed by atoms with Crippen molar-refractivity contribution in [1.82, 2.24) is 0 Å². The Morgan fingerprint density at radius 1 is 0.882 bits per heavy atom. The molecule has 2 aromatic rings. The first-order valence-corrected chi connectivity index (χ1v) is 6.17. The first kappa shape index (κ1) is 12.7. The summed E-state index contributed by atoms with van der Waals surface area (Å²) in [5, 5.41) is 1.86. The summed E-state index contributed by atoms with van der Waals surface area (Å²) in [6.45, 7) is 0. The maximum atomic E-state index is 6.15. The molecule has 88 valence electrons. The van der Waals surface area contributed by atoms with Gasteiger partial charge in [0.2, 0.25) is 0 Å². The van der Waals surface area contributed by atoms with Crippen LogP contribution in [0.5, 0.6) is 0 Å². The molecule has 0 heterocycles. The molecule has 1 nitrogen and oxygen atoms in total. The zero-order valence-corrected chi connectivity index (χ0v) is 11.1. The molecule has 2 aromatic carbocycles. The average Bonchev–Trinajstić information content (AvgIpc) is 2.31. The Bertz CT molecular complexity index is 540. The van der Waals surface area contributed by atoms with E-state index < -0.39 is 0 Å². The number of hydrogen-bond donors (Lipinski definition) is 1. The van der Waals surface area contributed by atoms with Gasteiger partial charge in [0.15, 0.2) is 0 Å². The highest BCUT2D eigenvalue weighted by Gasteiger charge is 2.13. The summed E-state index contributed by atoms with van der Waals surface area (Å²) in [6, 6.07) is 12.3. The largest absolute Gasteiger partial charge is 0.320 e. The van der Waals surface area contributed by atoms with Gasteiger partial charge in [-0.3, -0.25) is 0 Å². The van der Waals surface area contributed by atoms with Crippen LogP contribution in [0, 0.1) is 0 Å². The highest BCUT2D eigenvalue weighted by Crippen LogP contribution is 2.29. The molecule has 0 aromatic heterocycles. The minimum absolute atomic E-state index is 0.333. The number of halogens is 3. The molecule has 1 atom stereocenters. The van der Waals surface area contributed by atoms with Crippen molar-refractivity contribution < 1.29 is 0 Å². The molecule has 17 heavy (non-hydrogen) atoms. The first-order valence-electron chi connectivity index (χ1n) is 5.04. The second-order valence-electron chi connectivity index (χ2n) is 3.70. The lowest BCUT2D eigenvalue weighted by atomic mass is 10.00. The smallest absolute Gasteiger partial charge is 0.0567 e. The second-order valence-corrected chi connectivity index (χ2v) is 4.98. The van der Waals surface area contributed by atoms with Crippen molar-refractivity contribution in [3.63, 3.8) is 0 Å². The standard InChI is InChI=1S/C13H10Cl3N/c14-9-3-1-2-8(6-9)13(17)11-7-10(15)4-5-12(11)16/h1-7,13H,17H2. The summed E-state index contributed by atoms with van der Waals surface area (Å²) in [7, 11) is 0. The quantitative estimate of drug-likeness (QED) is 0.851. The van der Waals surface area contributed by atoms with E-state index in [2.05, 4.69) is 0 Å². The van der Waals surface area contributed by atoms with Gasteiger partial charge < -0.3 is 5.73 Å². The zero-order chi connectivity index (χ0) is 12.4. The molecule has 1 unspecified atom stereocenters. The average molecular weight is 287 g/mol. The molecule has 0 amide bonds. The lowest BCUT2D eigenvalue weighted by molar-refractivity contribution is 0.872. The molecule has 0 aliphatic heterocycles. The molecule has 4 heteroatoms. The molecule has 0 aliphatic carbocycles. The first-order chi connectivity index (χ1) is 8.08.